The van der Waals surface area contributed by atoms with E-state index in [1.807, 2.05) is 0 Å². The molecular weight excluding hydrogens is 259 g/mol. The van der Waals surface area contributed by atoms with E-state index in [-0.39, 0.29) is 5.56 Å². The number of alkyl halides is 3. The van der Waals surface area contributed by atoms with Gasteiger partial charge in [-0.3, -0.25) is 0 Å². The fraction of sp³-hybridized carbons (Fsp3) is 0.364. The Morgan fingerprint density at radius 3 is 2.84 bits per heavy atom. The predicted octanol–water partition coefficient (Wildman–Crippen LogP) is 2.10. The van der Waals surface area contributed by atoms with Crippen molar-refractivity contribution < 1.29 is 13.2 Å². The standard InChI is InChI=1S/C11H10F3N5/c12-11(13,14)8-4-2-1-3-7(8)9-5-6-15-10-16-17-18-19(9)10/h1-4,9H,5-6H2,(H,15,16,18). The van der Waals surface area contributed by atoms with Crippen molar-refractivity contribution in [2.45, 2.75) is 18.6 Å². The first-order valence-corrected chi connectivity index (χ1v) is 5.75. The van der Waals surface area contributed by atoms with Crippen molar-refractivity contribution in [3.05, 3.63) is 35.4 Å². The molecule has 0 spiro atoms. The first-order chi connectivity index (χ1) is 9.07. The Kier molecular flexibility index (Phi) is 2.65. The van der Waals surface area contributed by atoms with Crippen molar-refractivity contribution in [3.63, 3.8) is 0 Å². The summed E-state index contributed by atoms with van der Waals surface area (Å²) in [7, 11) is 0. The Hall–Kier alpha value is -2.12. The average molecular weight is 269 g/mol. The van der Waals surface area contributed by atoms with Gasteiger partial charge in [0.15, 0.2) is 0 Å². The van der Waals surface area contributed by atoms with Crippen LogP contribution in [0.4, 0.5) is 19.1 Å². The van der Waals surface area contributed by atoms with E-state index in [4.69, 9.17) is 0 Å². The van der Waals surface area contributed by atoms with Crippen molar-refractivity contribution in [1.82, 2.24) is 20.2 Å². The van der Waals surface area contributed by atoms with Crippen molar-refractivity contribution in [2.24, 2.45) is 0 Å². The molecule has 0 fully saturated rings. The molecule has 0 saturated heterocycles. The fourth-order valence-electron chi connectivity index (χ4n) is 2.30. The van der Waals surface area contributed by atoms with E-state index in [1.54, 1.807) is 6.07 Å². The second-order valence-corrected chi connectivity index (χ2v) is 4.26. The molecule has 1 aliphatic rings. The van der Waals surface area contributed by atoms with E-state index >= 15 is 0 Å². The molecule has 0 bridgehead atoms. The monoisotopic (exact) mass is 269 g/mol. The second kappa shape index (κ2) is 4.22. The summed E-state index contributed by atoms with van der Waals surface area (Å²) in [6, 6.07) is 5.04. The lowest BCUT2D eigenvalue weighted by Gasteiger charge is -2.26. The van der Waals surface area contributed by atoms with Crippen molar-refractivity contribution >= 4 is 5.95 Å². The molecule has 1 N–H and O–H groups in total. The summed E-state index contributed by atoms with van der Waals surface area (Å²) in [6.07, 6.45) is -3.87. The van der Waals surface area contributed by atoms with Crippen LogP contribution in [0.5, 0.6) is 0 Å². The summed E-state index contributed by atoms with van der Waals surface area (Å²) in [6.45, 7) is 0.539. The number of nitrogens with zero attached hydrogens (tertiary/aromatic N) is 4. The Bertz CT molecular complexity index is 592. The van der Waals surface area contributed by atoms with Crippen LogP contribution in [-0.4, -0.2) is 26.8 Å². The molecule has 100 valence electrons. The highest BCUT2D eigenvalue weighted by Gasteiger charge is 2.36. The zero-order chi connectivity index (χ0) is 13.5. The van der Waals surface area contributed by atoms with Gasteiger partial charge in [0.25, 0.3) is 0 Å². The first-order valence-electron chi connectivity index (χ1n) is 5.75. The Balaban J connectivity index is 2.10. The molecule has 1 atom stereocenters. The van der Waals surface area contributed by atoms with Crippen LogP contribution in [0.3, 0.4) is 0 Å². The van der Waals surface area contributed by atoms with Gasteiger partial charge >= 0.3 is 6.18 Å². The largest absolute Gasteiger partial charge is 0.416 e. The van der Waals surface area contributed by atoms with Gasteiger partial charge in [0.2, 0.25) is 5.95 Å². The second-order valence-electron chi connectivity index (χ2n) is 4.26. The average Bonchev–Trinajstić information content (AvgIpc) is 2.85. The minimum absolute atomic E-state index is 0.199. The molecule has 0 amide bonds. The third-order valence-electron chi connectivity index (χ3n) is 3.11. The first kappa shape index (κ1) is 11.9. The number of anilines is 1. The van der Waals surface area contributed by atoms with Crippen molar-refractivity contribution in [2.75, 3.05) is 11.9 Å². The maximum atomic E-state index is 13.0. The maximum absolute atomic E-state index is 13.0. The molecule has 0 radical (unpaired) electrons. The number of hydrogen-bond acceptors (Lipinski definition) is 4. The minimum atomic E-state index is -4.38. The molecule has 0 saturated carbocycles. The Labute approximate surface area is 106 Å². The minimum Gasteiger partial charge on any atom is -0.353 e. The zero-order valence-corrected chi connectivity index (χ0v) is 9.72. The lowest BCUT2D eigenvalue weighted by Crippen LogP contribution is -2.26. The number of aromatic nitrogens is 4. The van der Waals surface area contributed by atoms with Gasteiger partial charge in [0.1, 0.15) is 0 Å². The van der Waals surface area contributed by atoms with E-state index in [9.17, 15) is 13.2 Å². The number of fused-ring (bicyclic) bond motifs is 1. The van der Waals surface area contributed by atoms with Gasteiger partial charge < -0.3 is 5.32 Å². The van der Waals surface area contributed by atoms with Crippen LogP contribution >= 0.6 is 0 Å². The van der Waals surface area contributed by atoms with Crippen LogP contribution in [0, 0.1) is 0 Å². The highest BCUT2D eigenvalue weighted by Crippen LogP contribution is 2.37. The molecule has 19 heavy (non-hydrogen) atoms. The highest BCUT2D eigenvalue weighted by molar-refractivity contribution is 5.36. The van der Waals surface area contributed by atoms with Gasteiger partial charge in [-0.2, -0.15) is 13.2 Å². The summed E-state index contributed by atoms with van der Waals surface area (Å²) in [5, 5.41) is 13.9. The van der Waals surface area contributed by atoms with Gasteiger partial charge in [0, 0.05) is 6.54 Å². The van der Waals surface area contributed by atoms with Gasteiger partial charge in [0.05, 0.1) is 11.6 Å². The molecule has 8 heteroatoms. The lowest BCUT2D eigenvalue weighted by molar-refractivity contribution is -0.138. The van der Waals surface area contributed by atoms with E-state index in [1.165, 1.54) is 16.8 Å². The van der Waals surface area contributed by atoms with Crippen LogP contribution in [-0.2, 0) is 6.18 Å². The number of nitrogens with one attached hydrogen (secondary N) is 1. The third-order valence-corrected chi connectivity index (χ3v) is 3.11. The molecule has 2 aromatic rings. The summed E-state index contributed by atoms with van der Waals surface area (Å²) in [4.78, 5) is 0. The number of benzene rings is 1. The molecule has 1 unspecified atom stereocenters. The van der Waals surface area contributed by atoms with Gasteiger partial charge in [-0.1, -0.05) is 23.3 Å². The quantitative estimate of drug-likeness (QED) is 0.861. The van der Waals surface area contributed by atoms with E-state index < -0.39 is 17.8 Å². The van der Waals surface area contributed by atoms with Crippen LogP contribution in [0.2, 0.25) is 0 Å². The molecule has 2 heterocycles. The van der Waals surface area contributed by atoms with Gasteiger partial charge in [-0.05, 0) is 28.5 Å². The number of hydrogen-bond donors (Lipinski definition) is 1. The van der Waals surface area contributed by atoms with E-state index in [0.717, 1.165) is 6.07 Å². The number of halogens is 3. The van der Waals surface area contributed by atoms with Crippen LogP contribution in [0.25, 0.3) is 0 Å². The smallest absolute Gasteiger partial charge is 0.353 e. The molecule has 5 nitrogen and oxygen atoms in total. The van der Waals surface area contributed by atoms with Crippen LogP contribution in [0.1, 0.15) is 23.6 Å². The van der Waals surface area contributed by atoms with Gasteiger partial charge in [-0.25, -0.2) is 4.68 Å². The fourth-order valence-corrected chi connectivity index (χ4v) is 2.30. The van der Waals surface area contributed by atoms with Crippen LogP contribution < -0.4 is 5.32 Å². The molecule has 1 aromatic heterocycles. The Morgan fingerprint density at radius 1 is 1.26 bits per heavy atom. The highest BCUT2D eigenvalue weighted by atomic mass is 19.4. The molecule has 1 aromatic carbocycles. The predicted molar refractivity (Wildman–Crippen MR) is 60.5 cm³/mol. The topological polar surface area (TPSA) is 55.6 Å². The third kappa shape index (κ3) is 2.02. The summed E-state index contributed by atoms with van der Waals surface area (Å²) in [5.41, 5.74) is -0.437. The summed E-state index contributed by atoms with van der Waals surface area (Å²) < 4.78 is 40.5. The van der Waals surface area contributed by atoms with Gasteiger partial charge in [-0.15, -0.1) is 0 Å². The SMILES string of the molecule is FC(F)(F)c1ccccc1C1CCNc2nnnn21. The molecule has 3 rings (SSSR count). The summed E-state index contributed by atoms with van der Waals surface area (Å²) >= 11 is 0. The normalized spacial score (nSPS) is 18.8. The van der Waals surface area contributed by atoms with Crippen LogP contribution in [0.15, 0.2) is 24.3 Å². The van der Waals surface area contributed by atoms with E-state index in [2.05, 4.69) is 20.8 Å². The van der Waals surface area contributed by atoms with E-state index in [0.29, 0.717) is 18.9 Å². The van der Waals surface area contributed by atoms with Crippen molar-refractivity contribution in [3.8, 4) is 0 Å². The molecular formula is C11H10F3N5. The lowest BCUT2D eigenvalue weighted by atomic mass is 9.97. The maximum Gasteiger partial charge on any atom is 0.416 e. The zero-order valence-electron chi connectivity index (χ0n) is 9.72. The molecule has 1 aliphatic heterocycles. The molecule has 0 aliphatic carbocycles. The van der Waals surface area contributed by atoms with Crippen molar-refractivity contribution in [1.29, 1.82) is 0 Å². The number of rotatable bonds is 1. The summed E-state index contributed by atoms with van der Waals surface area (Å²) in [5.74, 6) is 0.397. The number of tetrazole rings is 1. The Morgan fingerprint density at radius 2 is 2.05 bits per heavy atom.